The van der Waals surface area contributed by atoms with Crippen LogP contribution in [0.25, 0.3) is 0 Å². The number of anilines is 2. The molecule has 0 saturated heterocycles. The third-order valence-corrected chi connectivity index (χ3v) is 4.57. The number of hydrogen-bond acceptors (Lipinski definition) is 10. The standard InChI is InChI=1S/C17H18N6O4S/c1-10(12-6-4-11(8-18)5-7-12)22(9-13(24)27-2)16-14(23(25)26)15(19)20-17(21-16)28-3/h4-7,10H,9H2,1-3H3,(H2,19,20,21). The Bertz CT molecular complexity index is 928. The molecule has 2 N–H and O–H groups in total. The number of ether oxygens (including phenoxy) is 1. The molecule has 28 heavy (non-hydrogen) atoms. The third kappa shape index (κ3) is 4.47. The second kappa shape index (κ2) is 9.01. The van der Waals surface area contributed by atoms with Gasteiger partial charge in [0.15, 0.2) is 5.16 Å². The second-order valence-corrected chi connectivity index (χ2v) is 6.41. The van der Waals surface area contributed by atoms with Crippen LogP contribution < -0.4 is 10.6 Å². The van der Waals surface area contributed by atoms with E-state index in [9.17, 15) is 14.9 Å². The number of rotatable bonds is 7. The maximum atomic E-state index is 12.0. The smallest absolute Gasteiger partial charge is 0.353 e. The van der Waals surface area contributed by atoms with Gasteiger partial charge in [-0.3, -0.25) is 14.9 Å². The lowest BCUT2D eigenvalue weighted by Crippen LogP contribution is -2.34. The second-order valence-electron chi connectivity index (χ2n) is 5.64. The average molecular weight is 402 g/mol. The highest BCUT2D eigenvalue weighted by molar-refractivity contribution is 7.98. The van der Waals surface area contributed by atoms with Crippen LogP contribution in [0.2, 0.25) is 0 Å². The van der Waals surface area contributed by atoms with Crippen LogP contribution in [-0.4, -0.2) is 40.8 Å². The van der Waals surface area contributed by atoms with Gasteiger partial charge in [-0.15, -0.1) is 0 Å². The van der Waals surface area contributed by atoms with Crippen molar-refractivity contribution in [2.24, 2.45) is 0 Å². The predicted octanol–water partition coefficient (Wildman–Crippen LogP) is 2.30. The van der Waals surface area contributed by atoms with Crippen molar-refractivity contribution in [3.05, 3.63) is 45.5 Å². The van der Waals surface area contributed by atoms with Crippen molar-refractivity contribution in [1.29, 1.82) is 5.26 Å². The molecule has 0 spiro atoms. The fraction of sp³-hybridized carbons (Fsp3) is 0.294. The van der Waals surface area contributed by atoms with Gasteiger partial charge in [0.05, 0.1) is 29.7 Å². The molecule has 1 atom stereocenters. The average Bonchev–Trinajstić information content (AvgIpc) is 2.70. The minimum atomic E-state index is -0.676. The molecule has 2 aromatic rings. The fourth-order valence-corrected chi connectivity index (χ4v) is 2.89. The molecule has 10 nitrogen and oxygen atoms in total. The van der Waals surface area contributed by atoms with E-state index in [1.807, 2.05) is 6.07 Å². The zero-order chi connectivity index (χ0) is 20.8. The number of carbonyl (C=O) groups excluding carboxylic acids is 1. The van der Waals surface area contributed by atoms with Crippen molar-refractivity contribution in [2.75, 3.05) is 30.5 Å². The van der Waals surface area contributed by atoms with Gasteiger partial charge in [-0.25, -0.2) is 0 Å². The number of aromatic nitrogens is 2. The topological polar surface area (TPSA) is 148 Å². The van der Waals surface area contributed by atoms with E-state index < -0.39 is 22.6 Å². The van der Waals surface area contributed by atoms with Crippen molar-refractivity contribution in [2.45, 2.75) is 18.1 Å². The highest BCUT2D eigenvalue weighted by Crippen LogP contribution is 2.36. The monoisotopic (exact) mass is 402 g/mol. The number of esters is 1. The summed E-state index contributed by atoms with van der Waals surface area (Å²) in [6.07, 6.45) is 1.71. The number of thioether (sulfide) groups is 1. The maximum Gasteiger partial charge on any atom is 0.353 e. The van der Waals surface area contributed by atoms with E-state index >= 15 is 0 Å². The van der Waals surface area contributed by atoms with Gasteiger partial charge < -0.3 is 15.4 Å². The molecule has 0 saturated carbocycles. The molecule has 2 rings (SSSR count). The molecule has 0 aliphatic rings. The Morgan fingerprint density at radius 3 is 2.57 bits per heavy atom. The summed E-state index contributed by atoms with van der Waals surface area (Å²) >= 11 is 1.17. The van der Waals surface area contributed by atoms with Crippen LogP contribution in [0.15, 0.2) is 29.4 Å². The highest BCUT2D eigenvalue weighted by Gasteiger charge is 2.32. The molecule has 0 aliphatic carbocycles. The molecule has 0 bridgehead atoms. The van der Waals surface area contributed by atoms with Gasteiger partial charge >= 0.3 is 11.7 Å². The van der Waals surface area contributed by atoms with Gasteiger partial charge in [0.2, 0.25) is 11.6 Å². The Morgan fingerprint density at radius 2 is 2.07 bits per heavy atom. The van der Waals surface area contributed by atoms with Crippen molar-refractivity contribution in [3.63, 3.8) is 0 Å². The number of benzene rings is 1. The van der Waals surface area contributed by atoms with Gasteiger partial charge in [-0.05, 0) is 30.9 Å². The van der Waals surface area contributed by atoms with Crippen molar-refractivity contribution >= 4 is 35.1 Å². The Kier molecular flexibility index (Phi) is 6.73. The molecule has 0 radical (unpaired) electrons. The van der Waals surface area contributed by atoms with Crippen molar-refractivity contribution in [3.8, 4) is 6.07 Å². The summed E-state index contributed by atoms with van der Waals surface area (Å²) in [5.74, 6) is -0.969. The van der Waals surface area contributed by atoms with Crippen LogP contribution in [-0.2, 0) is 9.53 Å². The van der Waals surface area contributed by atoms with Crippen LogP contribution in [0.5, 0.6) is 0 Å². The van der Waals surface area contributed by atoms with Crippen LogP contribution in [0, 0.1) is 21.4 Å². The molecule has 11 heteroatoms. The summed E-state index contributed by atoms with van der Waals surface area (Å²) < 4.78 is 4.74. The first-order valence-corrected chi connectivity index (χ1v) is 9.24. The highest BCUT2D eigenvalue weighted by atomic mass is 32.2. The molecular weight excluding hydrogens is 384 g/mol. The number of nitrogens with zero attached hydrogens (tertiary/aromatic N) is 5. The Morgan fingerprint density at radius 1 is 1.43 bits per heavy atom. The van der Waals surface area contributed by atoms with Crippen molar-refractivity contribution < 1.29 is 14.5 Å². The van der Waals surface area contributed by atoms with Gasteiger partial charge in [0.1, 0.15) is 6.54 Å². The Labute approximate surface area is 165 Å². The van der Waals surface area contributed by atoms with Crippen molar-refractivity contribution in [1.82, 2.24) is 9.97 Å². The normalized spacial score (nSPS) is 11.4. The number of nitrogen functional groups attached to an aromatic ring is 1. The van der Waals surface area contributed by atoms with E-state index in [0.717, 1.165) is 5.56 Å². The molecule has 1 unspecified atom stereocenters. The number of nitro groups is 1. The number of methoxy groups -OCH3 is 1. The Hall–Kier alpha value is -3.39. The van der Waals surface area contributed by atoms with E-state index in [-0.39, 0.29) is 23.3 Å². The molecular formula is C17H18N6O4S. The molecule has 146 valence electrons. The van der Waals surface area contributed by atoms with Gasteiger partial charge in [0.25, 0.3) is 0 Å². The van der Waals surface area contributed by atoms with Crippen LogP contribution in [0.3, 0.4) is 0 Å². The lowest BCUT2D eigenvalue weighted by atomic mass is 10.0. The summed E-state index contributed by atoms with van der Waals surface area (Å²) in [7, 11) is 1.23. The Balaban J connectivity index is 2.62. The number of nitriles is 1. The molecule has 0 amide bonds. The zero-order valence-electron chi connectivity index (χ0n) is 15.4. The molecule has 1 aromatic heterocycles. The quantitative estimate of drug-likeness (QED) is 0.240. The lowest BCUT2D eigenvalue weighted by molar-refractivity contribution is -0.383. The molecule has 1 aromatic carbocycles. The van der Waals surface area contributed by atoms with Gasteiger partial charge in [0, 0.05) is 0 Å². The van der Waals surface area contributed by atoms with E-state index in [1.165, 1.54) is 23.8 Å². The predicted molar refractivity (Wildman–Crippen MR) is 104 cm³/mol. The lowest BCUT2D eigenvalue weighted by Gasteiger charge is -2.29. The third-order valence-electron chi connectivity index (χ3n) is 4.03. The zero-order valence-corrected chi connectivity index (χ0v) is 16.3. The SMILES string of the molecule is COC(=O)CN(c1nc(SC)nc(N)c1[N+](=O)[O-])C(C)c1ccc(C#N)cc1. The largest absolute Gasteiger partial charge is 0.468 e. The van der Waals surface area contributed by atoms with Crippen LogP contribution in [0.4, 0.5) is 17.3 Å². The summed E-state index contributed by atoms with van der Waals surface area (Å²) in [6.45, 7) is 1.47. The van der Waals surface area contributed by atoms with Gasteiger partial charge in [-0.1, -0.05) is 23.9 Å². The van der Waals surface area contributed by atoms with E-state index in [2.05, 4.69) is 9.97 Å². The van der Waals surface area contributed by atoms with Gasteiger partial charge in [-0.2, -0.15) is 15.2 Å². The first-order chi connectivity index (χ1) is 13.3. The van der Waals surface area contributed by atoms with E-state index in [0.29, 0.717) is 5.56 Å². The van der Waals surface area contributed by atoms with E-state index in [1.54, 1.807) is 37.4 Å². The van der Waals surface area contributed by atoms with Crippen LogP contribution in [0.1, 0.15) is 24.1 Å². The number of hydrogen-bond donors (Lipinski definition) is 1. The summed E-state index contributed by atoms with van der Waals surface area (Å²) in [5.41, 5.74) is 6.50. The van der Waals surface area contributed by atoms with E-state index in [4.69, 9.17) is 15.7 Å². The summed E-state index contributed by atoms with van der Waals surface area (Å²) in [6, 6.07) is 8.18. The maximum absolute atomic E-state index is 12.0. The molecule has 0 fully saturated rings. The minimum Gasteiger partial charge on any atom is -0.468 e. The summed E-state index contributed by atoms with van der Waals surface area (Å²) in [5, 5.41) is 20.8. The number of carbonyl (C=O) groups is 1. The first kappa shape index (κ1) is 20.9. The van der Waals surface area contributed by atoms with Crippen LogP contribution >= 0.6 is 11.8 Å². The first-order valence-electron chi connectivity index (χ1n) is 8.01. The molecule has 1 heterocycles. The summed E-state index contributed by atoms with van der Waals surface area (Å²) in [4.78, 5) is 32.5. The minimum absolute atomic E-state index is 0.0795. The fourth-order valence-electron chi connectivity index (χ4n) is 2.52. The molecule has 0 aliphatic heterocycles. The number of nitrogens with two attached hydrogens (primary N) is 1.